The number of nitrogens with one attached hydrogen (secondary N) is 1. The molecule has 0 radical (unpaired) electrons. The van der Waals surface area contributed by atoms with Gasteiger partial charge in [-0.15, -0.1) is 0 Å². The second-order valence-corrected chi connectivity index (χ2v) is 5.38. The molecule has 0 fully saturated rings. The molecule has 0 unspecified atom stereocenters. The van der Waals surface area contributed by atoms with Crippen LogP contribution in [0.2, 0.25) is 5.02 Å². The molecule has 1 aliphatic rings. The maximum absolute atomic E-state index is 13.2. The zero-order valence-corrected chi connectivity index (χ0v) is 11.6. The molecule has 0 atom stereocenters. The Bertz CT molecular complexity index is 652. The van der Waals surface area contributed by atoms with Gasteiger partial charge >= 0.3 is 0 Å². The predicted octanol–water partition coefficient (Wildman–Crippen LogP) is 3.86. The number of halogens is 2. The van der Waals surface area contributed by atoms with Gasteiger partial charge in [0.15, 0.2) is 0 Å². The zero-order chi connectivity index (χ0) is 14.1. The minimum Gasteiger partial charge on any atom is -0.352 e. The Kier molecular flexibility index (Phi) is 3.45. The molecule has 0 saturated heterocycles. The van der Waals surface area contributed by atoms with E-state index in [1.54, 1.807) is 6.07 Å². The lowest BCUT2D eigenvalue weighted by Crippen LogP contribution is -2.26. The summed E-state index contributed by atoms with van der Waals surface area (Å²) in [5.41, 5.74) is 2.91. The van der Waals surface area contributed by atoms with Gasteiger partial charge in [-0.1, -0.05) is 29.8 Å². The summed E-state index contributed by atoms with van der Waals surface area (Å²) in [6.07, 6.45) is 0.843. The van der Waals surface area contributed by atoms with Crippen LogP contribution >= 0.6 is 11.6 Å². The lowest BCUT2D eigenvalue weighted by Gasteiger charge is -2.17. The molecule has 0 bridgehead atoms. The highest BCUT2D eigenvalue weighted by Gasteiger charge is 2.23. The number of benzene rings is 2. The van der Waals surface area contributed by atoms with Crippen LogP contribution in [0.5, 0.6) is 0 Å². The van der Waals surface area contributed by atoms with Gasteiger partial charge in [0, 0.05) is 23.7 Å². The van der Waals surface area contributed by atoms with Gasteiger partial charge < -0.3 is 4.90 Å². The van der Waals surface area contributed by atoms with Crippen LogP contribution in [0.4, 0.5) is 4.39 Å². The first-order chi connectivity index (χ1) is 9.63. The fourth-order valence-electron chi connectivity index (χ4n) is 2.47. The molecule has 0 amide bonds. The van der Waals surface area contributed by atoms with Crippen LogP contribution in [-0.4, -0.2) is 17.3 Å². The Balaban J connectivity index is 1.69. The van der Waals surface area contributed by atoms with Crippen LogP contribution in [-0.2, 0) is 13.0 Å². The molecule has 0 aromatic heterocycles. The highest BCUT2D eigenvalue weighted by atomic mass is 35.5. The standard InChI is InChI=1S/C16H14ClFN2/c17-13-4-1-11(2-5-13)7-8-20-10-12-3-6-14(18)9-15(12)16(20)19/h1-6,9,19H,7-8,10H2. The molecule has 2 aromatic carbocycles. The third-order valence-corrected chi connectivity index (χ3v) is 3.84. The van der Waals surface area contributed by atoms with Crippen molar-refractivity contribution in [3.8, 4) is 0 Å². The van der Waals surface area contributed by atoms with E-state index < -0.39 is 0 Å². The molecule has 20 heavy (non-hydrogen) atoms. The molecule has 0 spiro atoms. The van der Waals surface area contributed by atoms with E-state index in [2.05, 4.69) is 0 Å². The van der Waals surface area contributed by atoms with Crippen molar-refractivity contribution in [2.24, 2.45) is 0 Å². The Morgan fingerprint density at radius 3 is 2.65 bits per heavy atom. The molecular weight excluding hydrogens is 275 g/mol. The summed E-state index contributed by atoms with van der Waals surface area (Å²) in [6, 6.07) is 12.4. The van der Waals surface area contributed by atoms with Crippen LogP contribution in [0.25, 0.3) is 0 Å². The van der Waals surface area contributed by atoms with E-state index in [1.807, 2.05) is 29.2 Å². The van der Waals surface area contributed by atoms with E-state index in [9.17, 15) is 4.39 Å². The van der Waals surface area contributed by atoms with Crippen molar-refractivity contribution < 1.29 is 4.39 Å². The second kappa shape index (κ2) is 5.25. The smallest absolute Gasteiger partial charge is 0.128 e. The van der Waals surface area contributed by atoms with Crippen molar-refractivity contribution in [2.45, 2.75) is 13.0 Å². The molecular formula is C16H14ClFN2. The molecule has 2 nitrogen and oxygen atoms in total. The van der Waals surface area contributed by atoms with Crippen molar-refractivity contribution >= 4 is 17.4 Å². The van der Waals surface area contributed by atoms with Gasteiger partial charge in [0.05, 0.1) is 0 Å². The number of hydrogen-bond acceptors (Lipinski definition) is 1. The first-order valence-corrected chi connectivity index (χ1v) is 6.88. The van der Waals surface area contributed by atoms with Crippen LogP contribution in [0.1, 0.15) is 16.7 Å². The van der Waals surface area contributed by atoms with E-state index in [0.29, 0.717) is 17.9 Å². The number of rotatable bonds is 3. The molecule has 1 aliphatic heterocycles. The van der Waals surface area contributed by atoms with E-state index in [4.69, 9.17) is 17.0 Å². The SMILES string of the molecule is N=C1c2cc(F)ccc2CN1CCc1ccc(Cl)cc1. The normalized spacial score (nSPS) is 13.7. The maximum Gasteiger partial charge on any atom is 0.128 e. The first-order valence-electron chi connectivity index (χ1n) is 6.50. The van der Waals surface area contributed by atoms with Gasteiger partial charge in [0.2, 0.25) is 0 Å². The topological polar surface area (TPSA) is 27.1 Å². The molecule has 1 heterocycles. The Morgan fingerprint density at radius 2 is 1.90 bits per heavy atom. The van der Waals surface area contributed by atoms with E-state index >= 15 is 0 Å². The Hall–Kier alpha value is -1.87. The summed E-state index contributed by atoms with van der Waals surface area (Å²) >= 11 is 5.86. The van der Waals surface area contributed by atoms with E-state index in [1.165, 1.54) is 17.7 Å². The van der Waals surface area contributed by atoms with E-state index in [-0.39, 0.29) is 5.82 Å². The molecule has 3 rings (SSSR count). The highest BCUT2D eigenvalue weighted by molar-refractivity contribution is 6.30. The number of hydrogen-bond donors (Lipinski definition) is 1. The lowest BCUT2D eigenvalue weighted by molar-refractivity contribution is 0.432. The van der Waals surface area contributed by atoms with Crippen molar-refractivity contribution in [2.75, 3.05) is 6.54 Å². The minimum atomic E-state index is -0.284. The first kappa shape index (κ1) is 13.1. The Morgan fingerprint density at radius 1 is 1.15 bits per heavy atom. The lowest BCUT2D eigenvalue weighted by atomic mass is 10.1. The van der Waals surface area contributed by atoms with Gasteiger partial charge in [-0.25, -0.2) is 4.39 Å². The van der Waals surface area contributed by atoms with Gasteiger partial charge in [0.1, 0.15) is 11.7 Å². The van der Waals surface area contributed by atoms with Crippen molar-refractivity contribution in [3.05, 3.63) is 70.0 Å². The highest BCUT2D eigenvalue weighted by Crippen LogP contribution is 2.23. The third kappa shape index (κ3) is 2.54. The molecule has 102 valence electrons. The fraction of sp³-hybridized carbons (Fsp3) is 0.188. The third-order valence-electron chi connectivity index (χ3n) is 3.59. The second-order valence-electron chi connectivity index (χ2n) is 4.95. The average molecular weight is 289 g/mol. The summed E-state index contributed by atoms with van der Waals surface area (Å²) in [5, 5.41) is 8.85. The van der Waals surface area contributed by atoms with Crippen molar-refractivity contribution in [1.29, 1.82) is 5.41 Å². The quantitative estimate of drug-likeness (QED) is 0.912. The molecule has 2 aromatic rings. The zero-order valence-electron chi connectivity index (χ0n) is 10.9. The van der Waals surface area contributed by atoms with Gasteiger partial charge in [-0.2, -0.15) is 0 Å². The van der Waals surface area contributed by atoms with Crippen LogP contribution < -0.4 is 0 Å². The summed E-state index contributed by atoms with van der Waals surface area (Å²) < 4.78 is 13.2. The molecule has 1 N–H and O–H groups in total. The number of nitrogens with zero attached hydrogens (tertiary/aromatic N) is 1. The summed E-state index contributed by atoms with van der Waals surface area (Å²) in [6.45, 7) is 1.43. The monoisotopic (exact) mass is 288 g/mol. The maximum atomic E-state index is 13.2. The van der Waals surface area contributed by atoms with E-state index in [0.717, 1.165) is 23.6 Å². The van der Waals surface area contributed by atoms with Crippen LogP contribution in [0, 0.1) is 11.2 Å². The fourth-order valence-corrected chi connectivity index (χ4v) is 2.59. The molecule has 0 aliphatic carbocycles. The number of fused-ring (bicyclic) bond motifs is 1. The molecule has 4 heteroatoms. The van der Waals surface area contributed by atoms with Crippen LogP contribution in [0.15, 0.2) is 42.5 Å². The molecule has 0 saturated carbocycles. The largest absolute Gasteiger partial charge is 0.352 e. The average Bonchev–Trinajstić information content (AvgIpc) is 2.75. The van der Waals surface area contributed by atoms with Gasteiger partial charge in [0.25, 0.3) is 0 Å². The predicted molar refractivity (Wildman–Crippen MR) is 78.8 cm³/mol. The van der Waals surface area contributed by atoms with Gasteiger partial charge in [-0.3, -0.25) is 5.41 Å². The minimum absolute atomic E-state index is 0.284. The number of amidine groups is 1. The summed E-state index contributed by atoms with van der Waals surface area (Å²) in [7, 11) is 0. The Labute approximate surface area is 122 Å². The van der Waals surface area contributed by atoms with Crippen LogP contribution in [0.3, 0.4) is 0 Å². The summed E-state index contributed by atoms with van der Waals surface area (Å²) in [5.74, 6) is 0.126. The van der Waals surface area contributed by atoms with Crippen molar-refractivity contribution in [1.82, 2.24) is 4.90 Å². The summed E-state index contributed by atoms with van der Waals surface area (Å²) in [4.78, 5) is 1.97. The van der Waals surface area contributed by atoms with Gasteiger partial charge in [-0.05, 0) is 41.8 Å². The van der Waals surface area contributed by atoms with Crippen molar-refractivity contribution in [3.63, 3.8) is 0 Å².